The normalized spacial score (nSPS) is 12.8. The number of hydrogen-bond acceptors (Lipinski definition) is 6. The van der Waals surface area contributed by atoms with Gasteiger partial charge in [-0.15, -0.1) is 17.0 Å². The standard InChI is InChI=1S/C43H85NO5.BrH/c1-6-8-10-12-14-16-18-20-22-24-26-28-30-32-34-36-40(46)48-39(38-45)42(44-43(3,4)5)49-41(47)37-35-33-31-29-27-25-23-21-19-17-15-13-11-9-7-2;/h39,42,44-45H,6-38H2,1-5H3;1H. The molecule has 50 heavy (non-hydrogen) atoms. The highest BCUT2D eigenvalue weighted by atomic mass is 79.9. The summed E-state index contributed by atoms with van der Waals surface area (Å²) in [5, 5.41) is 13.3. The van der Waals surface area contributed by atoms with E-state index in [1.54, 1.807) is 0 Å². The first kappa shape index (κ1) is 51.4. The van der Waals surface area contributed by atoms with Crippen molar-refractivity contribution in [3.63, 3.8) is 0 Å². The smallest absolute Gasteiger partial charge is 0.307 e. The van der Waals surface area contributed by atoms with Crippen LogP contribution in [-0.2, 0) is 19.1 Å². The van der Waals surface area contributed by atoms with Crippen molar-refractivity contribution in [2.75, 3.05) is 6.61 Å². The zero-order valence-corrected chi connectivity index (χ0v) is 35.7. The minimum Gasteiger partial charge on any atom is -0.454 e. The lowest BCUT2D eigenvalue weighted by Crippen LogP contribution is -2.54. The summed E-state index contributed by atoms with van der Waals surface area (Å²) in [6.07, 6.45) is 37.2. The Morgan fingerprint density at radius 3 is 1.00 bits per heavy atom. The first-order valence-electron chi connectivity index (χ1n) is 21.5. The molecule has 0 aliphatic carbocycles. The van der Waals surface area contributed by atoms with Gasteiger partial charge in [-0.05, 0) is 33.6 Å². The molecule has 0 saturated heterocycles. The maximum atomic E-state index is 12.7. The van der Waals surface area contributed by atoms with E-state index in [4.69, 9.17) is 9.47 Å². The topological polar surface area (TPSA) is 84.9 Å². The van der Waals surface area contributed by atoms with E-state index in [1.807, 2.05) is 20.8 Å². The van der Waals surface area contributed by atoms with E-state index in [1.165, 1.54) is 154 Å². The van der Waals surface area contributed by atoms with Gasteiger partial charge in [-0.1, -0.05) is 194 Å². The van der Waals surface area contributed by atoms with Gasteiger partial charge < -0.3 is 14.6 Å². The second kappa shape index (κ2) is 38.1. The number of nitrogens with one attached hydrogen (secondary N) is 1. The Bertz CT molecular complexity index is 729. The van der Waals surface area contributed by atoms with Crippen LogP contribution in [0.25, 0.3) is 0 Å². The van der Waals surface area contributed by atoms with Crippen molar-refractivity contribution in [2.45, 2.75) is 258 Å². The maximum absolute atomic E-state index is 12.7. The quantitative estimate of drug-likeness (QED) is 0.0371. The highest BCUT2D eigenvalue weighted by Gasteiger charge is 2.31. The van der Waals surface area contributed by atoms with E-state index < -0.39 is 18.9 Å². The van der Waals surface area contributed by atoms with Gasteiger partial charge in [-0.2, -0.15) is 0 Å². The first-order valence-corrected chi connectivity index (χ1v) is 21.5. The summed E-state index contributed by atoms with van der Waals surface area (Å²) >= 11 is 0. The van der Waals surface area contributed by atoms with Crippen LogP contribution in [0.1, 0.15) is 240 Å². The molecule has 0 radical (unpaired) electrons. The molecule has 0 bridgehead atoms. The lowest BCUT2D eigenvalue weighted by molar-refractivity contribution is -0.176. The van der Waals surface area contributed by atoms with Gasteiger partial charge in [-0.25, -0.2) is 0 Å². The van der Waals surface area contributed by atoms with Crippen molar-refractivity contribution in [2.24, 2.45) is 0 Å². The number of hydrogen-bond donors (Lipinski definition) is 2. The number of carbonyl (C=O) groups excluding carboxylic acids is 2. The molecular formula is C43H86BrNO5. The van der Waals surface area contributed by atoms with Crippen LogP contribution < -0.4 is 5.32 Å². The Balaban J connectivity index is 0. The molecule has 0 saturated carbocycles. The van der Waals surface area contributed by atoms with E-state index in [9.17, 15) is 14.7 Å². The zero-order valence-electron chi connectivity index (χ0n) is 34.0. The number of unbranched alkanes of at least 4 members (excludes halogenated alkanes) is 28. The van der Waals surface area contributed by atoms with E-state index in [2.05, 4.69) is 19.2 Å². The third kappa shape index (κ3) is 37.1. The van der Waals surface area contributed by atoms with Crippen LogP contribution in [-0.4, -0.2) is 41.5 Å². The number of rotatable bonds is 37. The van der Waals surface area contributed by atoms with Crippen LogP contribution in [0, 0.1) is 0 Å². The van der Waals surface area contributed by atoms with Gasteiger partial charge in [0.25, 0.3) is 0 Å². The fourth-order valence-electron chi connectivity index (χ4n) is 6.53. The highest BCUT2D eigenvalue weighted by molar-refractivity contribution is 8.93. The van der Waals surface area contributed by atoms with Crippen molar-refractivity contribution in [3.8, 4) is 0 Å². The van der Waals surface area contributed by atoms with E-state index in [0.717, 1.165) is 38.5 Å². The van der Waals surface area contributed by atoms with Crippen LogP contribution in [0.15, 0.2) is 0 Å². The Labute approximate surface area is 321 Å². The van der Waals surface area contributed by atoms with Crippen LogP contribution in [0.2, 0.25) is 0 Å². The summed E-state index contributed by atoms with van der Waals surface area (Å²) in [5.41, 5.74) is -0.381. The Morgan fingerprint density at radius 1 is 0.480 bits per heavy atom. The number of esters is 2. The molecule has 2 unspecified atom stereocenters. The van der Waals surface area contributed by atoms with E-state index >= 15 is 0 Å². The van der Waals surface area contributed by atoms with E-state index in [0.29, 0.717) is 12.8 Å². The zero-order chi connectivity index (χ0) is 36.3. The van der Waals surface area contributed by atoms with Crippen molar-refractivity contribution in [3.05, 3.63) is 0 Å². The third-order valence-corrected chi connectivity index (χ3v) is 9.60. The van der Waals surface area contributed by atoms with Gasteiger partial charge in [0.05, 0.1) is 6.61 Å². The molecule has 0 amide bonds. The first-order chi connectivity index (χ1) is 23.7. The summed E-state index contributed by atoms with van der Waals surface area (Å²) in [4.78, 5) is 25.4. The van der Waals surface area contributed by atoms with Crippen LogP contribution in [0.4, 0.5) is 0 Å². The molecule has 0 aliphatic heterocycles. The maximum Gasteiger partial charge on any atom is 0.307 e. The molecule has 0 aliphatic rings. The van der Waals surface area contributed by atoms with E-state index in [-0.39, 0.29) is 34.5 Å². The number of aliphatic hydroxyl groups excluding tert-OH is 1. The molecule has 0 rings (SSSR count). The summed E-state index contributed by atoms with van der Waals surface area (Å²) in [7, 11) is 0. The van der Waals surface area contributed by atoms with Gasteiger partial charge in [0.2, 0.25) is 0 Å². The summed E-state index contributed by atoms with van der Waals surface area (Å²) in [5.74, 6) is -0.652. The van der Waals surface area contributed by atoms with Crippen molar-refractivity contribution >= 4 is 28.9 Å². The predicted molar refractivity (Wildman–Crippen MR) is 219 cm³/mol. The summed E-state index contributed by atoms with van der Waals surface area (Å²) in [6.45, 7) is 10.0. The second-order valence-corrected chi connectivity index (χ2v) is 15.9. The molecule has 6 nitrogen and oxygen atoms in total. The molecule has 7 heteroatoms. The van der Waals surface area contributed by atoms with Gasteiger partial charge >= 0.3 is 11.9 Å². The van der Waals surface area contributed by atoms with Gasteiger partial charge in [0.1, 0.15) is 0 Å². The molecule has 0 aromatic carbocycles. The van der Waals surface area contributed by atoms with Gasteiger partial charge in [0.15, 0.2) is 12.3 Å². The fourth-order valence-corrected chi connectivity index (χ4v) is 6.53. The molecule has 0 spiro atoms. The molecule has 300 valence electrons. The minimum absolute atomic E-state index is 0. The average Bonchev–Trinajstić information content (AvgIpc) is 3.06. The lowest BCUT2D eigenvalue weighted by Gasteiger charge is -2.32. The van der Waals surface area contributed by atoms with Crippen LogP contribution in [0.3, 0.4) is 0 Å². The van der Waals surface area contributed by atoms with Crippen LogP contribution >= 0.6 is 17.0 Å². The molecule has 0 aromatic heterocycles. The Kier molecular flexibility index (Phi) is 39.2. The molecule has 0 heterocycles. The average molecular weight is 777 g/mol. The van der Waals surface area contributed by atoms with Crippen molar-refractivity contribution in [1.29, 1.82) is 0 Å². The molecule has 0 fully saturated rings. The Morgan fingerprint density at radius 2 is 0.740 bits per heavy atom. The Hall–Kier alpha value is -0.660. The second-order valence-electron chi connectivity index (χ2n) is 15.9. The predicted octanol–water partition coefficient (Wildman–Crippen LogP) is 13.2. The van der Waals surface area contributed by atoms with Gasteiger partial charge in [0, 0.05) is 18.4 Å². The lowest BCUT2D eigenvalue weighted by atomic mass is 10.0. The summed E-state index contributed by atoms with van der Waals surface area (Å²) in [6, 6.07) is 0. The monoisotopic (exact) mass is 776 g/mol. The summed E-state index contributed by atoms with van der Waals surface area (Å²) < 4.78 is 11.4. The number of ether oxygens (including phenoxy) is 2. The van der Waals surface area contributed by atoms with Gasteiger partial charge in [-0.3, -0.25) is 14.9 Å². The molecule has 2 atom stereocenters. The molecule has 0 aromatic rings. The minimum atomic E-state index is -0.923. The number of carbonyl (C=O) groups is 2. The molecular weight excluding hydrogens is 690 g/mol. The fraction of sp³-hybridized carbons (Fsp3) is 0.953. The number of aliphatic hydroxyl groups is 1. The van der Waals surface area contributed by atoms with Crippen molar-refractivity contribution in [1.82, 2.24) is 5.32 Å². The van der Waals surface area contributed by atoms with Crippen LogP contribution in [0.5, 0.6) is 0 Å². The largest absolute Gasteiger partial charge is 0.454 e. The SMILES string of the molecule is Br.CCCCCCCCCCCCCCCCCC(=O)OC(CO)C(NC(C)(C)C)OC(=O)CCCCCCCCCCCCCCCCC. The van der Waals surface area contributed by atoms with Crippen molar-refractivity contribution < 1.29 is 24.2 Å². The number of halogens is 1. The molecule has 2 N–H and O–H groups in total. The highest BCUT2D eigenvalue weighted by Crippen LogP contribution is 2.17. The third-order valence-electron chi connectivity index (χ3n) is 9.60.